The van der Waals surface area contributed by atoms with Gasteiger partial charge in [0.2, 0.25) is 5.43 Å². The molecule has 2 aliphatic rings. The molecule has 0 bridgehead atoms. The number of rotatable bonds is 6. The number of nitrogens with zero attached hydrogens (tertiary/aromatic N) is 2. The zero-order valence-electron chi connectivity index (χ0n) is 17.5. The lowest BCUT2D eigenvalue weighted by Crippen LogP contribution is -2.44. The number of anilines is 1. The van der Waals surface area contributed by atoms with E-state index in [4.69, 9.17) is 4.74 Å². The summed E-state index contributed by atoms with van der Waals surface area (Å²) in [5.41, 5.74) is -1.13. The van der Waals surface area contributed by atoms with Gasteiger partial charge in [-0.2, -0.15) is 13.2 Å². The summed E-state index contributed by atoms with van der Waals surface area (Å²) in [5, 5.41) is 11.2. The Morgan fingerprint density at radius 3 is 2.55 bits per heavy atom. The number of carbonyl (C=O) groups excluding carboxylic acids is 1. The number of amides is 1. The molecular formula is C21H21F4N3O5. The first-order valence-corrected chi connectivity index (χ1v) is 10.4. The molecule has 0 unspecified atom stereocenters. The monoisotopic (exact) mass is 471 g/mol. The number of alkyl halides is 3. The second-order valence-corrected chi connectivity index (χ2v) is 8.08. The van der Waals surface area contributed by atoms with Gasteiger partial charge in [-0.05, 0) is 32.3 Å². The number of aromatic carboxylic acids is 1. The van der Waals surface area contributed by atoms with Crippen LogP contribution in [0.15, 0.2) is 17.1 Å². The normalized spacial score (nSPS) is 18.6. The molecule has 1 amide bonds. The first-order valence-electron chi connectivity index (χ1n) is 10.4. The van der Waals surface area contributed by atoms with Gasteiger partial charge >= 0.3 is 18.1 Å². The molecule has 1 saturated carbocycles. The van der Waals surface area contributed by atoms with Crippen LogP contribution in [0.1, 0.15) is 42.6 Å². The highest BCUT2D eigenvalue weighted by Gasteiger charge is 2.41. The third-order valence-corrected chi connectivity index (χ3v) is 5.75. The Hall–Kier alpha value is -3.31. The van der Waals surface area contributed by atoms with Crippen molar-refractivity contribution in [2.75, 3.05) is 24.6 Å². The summed E-state index contributed by atoms with van der Waals surface area (Å²) in [6.07, 6.45) is -2.17. The van der Waals surface area contributed by atoms with Crippen molar-refractivity contribution in [2.24, 2.45) is 0 Å². The molecule has 1 aliphatic heterocycles. The van der Waals surface area contributed by atoms with E-state index < -0.39 is 40.9 Å². The molecule has 1 saturated heterocycles. The molecule has 0 spiro atoms. The van der Waals surface area contributed by atoms with Crippen molar-refractivity contribution in [3.05, 3.63) is 33.9 Å². The lowest BCUT2D eigenvalue weighted by atomic mass is 10.1. The van der Waals surface area contributed by atoms with E-state index in [9.17, 15) is 32.7 Å². The van der Waals surface area contributed by atoms with E-state index >= 15 is 4.39 Å². The minimum atomic E-state index is -5.03. The Labute approximate surface area is 184 Å². The van der Waals surface area contributed by atoms with Crippen LogP contribution >= 0.6 is 0 Å². The molecule has 4 rings (SSSR count). The van der Waals surface area contributed by atoms with Gasteiger partial charge in [-0.3, -0.25) is 9.59 Å². The number of nitrogens with one attached hydrogen (secondary N) is 1. The number of aromatic nitrogens is 1. The molecule has 33 heavy (non-hydrogen) atoms. The molecule has 1 aliphatic carbocycles. The maximum absolute atomic E-state index is 15.3. The number of ether oxygens (including phenoxy) is 1. The van der Waals surface area contributed by atoms with Crippen LogP contribution in [0, 0.1) is 5.82 Å². The van der Waals surface area contributed by atoms with Gasteiger partial charge in [0.15, 0.2) is 11.6 Å². The number of halogens is 4. The number of carboxylic acids is 1. The van der Waals surface area contributed by atoms with Crippen LogP contribution in [0.3, 0.4) is 0 Å². The Morgan fingerprint density at radius 1 is 1.27 bits per heavy atom. The van der Waals surface area contributed by atoms with Gasteiger partial charge < -0.3 is 24.6 Å². The first-order chi connectivity index (χ1) is 15.5. The van der Waals surface area contributed by atoms with Gasteiger partial charge in [-0.15, -0.1) is 0 Å². The van der Waals surface area contributed by atoms with Crippen LogP contribution in [0.25, 0.3) is 10.9 Å². The zero-order valence-corrected chi connectivity index (χ0v) is 17.5. The Kier molecular flexibility index (Phi) is 5.71. The van der Waals surface area contributed by atoms with Crippen LogP contribution < -0.4 is 20.4 Å². The first kappa shape index (κ1) is 22.9. The largest absolute Gasteiger partial charge is 0.489 e. The second kappa shape index (κ2) is 8.23. The summed E-state index contributed by atoms with van der Waals surface area (Å²) in [6.45, 7) is 1.81. The molecule has 1 atom stereocenters. The van der Waals surface area contributed by atoms with Gasteiger partial charge in [-0.1, -0.05) is 0 Å². The molecule has 0 radical (unpaired) electrons. The minimum absolute atomic E-state index is 0.0243. The predicted octanol–water partition coefficient (Wildman–Crippen LogP) is 2.83. The maximum Gasteiger partial charge on any atom is 0.471 e. The summed E-state index contributed by atoms with van der Waals surface area (Å²) < 4.78 is 60.4. The smallest absolute Gasteiger partial charge is 0.471 e. The van der Waals surface area contributed by atoms with Gasteiger partial charge in [-0.25, -0.2) is 9.18 Å². The van der Waals surface area contributed by atoms with Crippen LogP contribution in [-0.2, 0) is 4.79 Å². The van der Waals surface area contributed by atoms with Crippen molar-refractivity contribution >= 4 is 28.5 Å². The Bertz CT molecular complexity index is 1190. The van der Waals surface area contributed by atoms with Crippen LogP contribution in [0.4, 0.5) is 23.2 Å². The van der Waals surface area contributed by atoms with Gasteiger partial charge in [0, 0.05) is 31.4 Å². The highest BCUT2D eigenvalue weighted by molar-refractivity contribution is 5.97. The molecule has 1 aromatic carbocycles. The van der Waals surface area contributed by atoms with Crippen molar-refractivity contribution in [1.82, 2.24) is 9.88 Å². The fraction of sp³-hybridized carbons (Fsp3) is 0.476. The van der Waals surface area contributed by atoms with E-state index in [1.54, 1.807) is 11.5 Å². The summed E-state index contributed by atoms with van der Waals surface area (Å²) in [4.78, 5) is 37.1. The third-order valence-electron chi connectivity index (χ3n) is 5.75. The molecule has 2 aromatic rings. The summed E-state index contributed by atoms with van der Waals surface area (Å²) in [5.74, 6) is -4.34. The molecule has 1 aromatic heterocycles. The van der Waals surface area contributed by atoms with Crippen LogP contribution in [0.5, 0.6) is 5.75 Å². The van der Waals surface area contributed by atoms with Crippen molar-refractivity contribution in [3.8, 4) is 5.75 Å². The SMILES string of the molecule is CCOc1c(N2CC[C@H](NC(=O)C(F)(F)F)C2)c(F)cc2c(=O)c(C(=O)O)cn(C3CC3)c12. The summed E-state index contributed by atoms with van der Waals surface area (Å²) in [7, 11) is 0. The number of pyridine rings is 1. The number of hydrogen-bond acceptors (Lipinski definition) is 5. The topological polar surface area (TPSA) is 101 Å². The van der Waals surface area contributed by atoms with Crippen molar-refractivity contribution < 1.29 is 37.0 Å². The summed E-state index contributed by atoms with van der Waals surface area (Å²) >= 11 is 0. The van der Waals surface area contributed by atoms with Crippen molar-refractivity contribution in [3.63, 3.8) is 0 Å². The molecule has 178 valence electrons. The number of carbonyl (C=O) groups is 2. The predicted molar refractivity (Wildman–Crippen MR) is 109 cm³/mol. The number of fused-ring (bicyclic) bond motifs is 1. The average Bonchev–Trinajstić information content (AvgIpc) is 3.47. The zero-order chi connectivity index (χ0) is 24.1. The van der Waals surface area contributed by atoms with E-state index in [1.165, 1.54) is 11.1 Å². The average molecular weight is 471 g/mol. The minimum Gasteiger partial charge on any atom is -0.489 e. The number of hydrogen-bond donors (Lipinski definition) is 2. The molecule has 2 N–H and O–H groups in total. The fourth-order valence-electron chi connectivity index (χ4n) is 4.16. The molecule has 8 nitrogen and oxygen atoms in total. The van der Waals surface area contributed by atoms with E-state index in [1.807, 2.05) is 5.32 Å². The standard InChI is InChI=1S/C21H21F4N3O5/c1-2-33-18-15-12(17(29)13(19(30)31)9-28(15)11-3-4-11)7-14(22)16(18)27-6-5-10(8-27)26-20(32)21(23,24)25/h7,9-11H,2-6,8H2,1H3,(H,26,32)(H,30,31)/t10-/m0/s1. The van der Waals surface area contributed by atoms with E-state index in [0.717, 1.165) is 18.9 Å². The lowest BCUT2D eigenvalue weighted by Gasteiger charge is -2.25. The van der Waals surface area contributed by atoms with Gasteiger partial charge in [0.05, 0.1) is 17.5 Å². The molecule has 2 heterocycles. The number of carboxylic acid groups (broad SMARTS) is 1. The third kappa shape index (κ3) is 4.21. The molecular weight excluding hydrogens is 450 g/mol. The van der Waals surface area contributed by atoms with E-state index in [0.29, 0.717) is 0 Å². The highest BCUT2D eigenvalue weighted by Crippen LogP contribution is 2.44. The molecule has 12 heteroatoms. The van der Waals surface area contributed by atoms with Crippen molar-refractivity contribution in [1.29, 1.82) is 0 Å². The van der Waals surface area contributed by atoms with E-state index in [-0.39, 0.29) is 54.5 Å². The van der Waals surface area contributed by atoms with Gasteiger partial charge in [0.25, 0.3) is 0 Å². The van der Waals surface area contributed by atoms with Crippen LogP contribution in [0.2, 0.25) is 0 Å². The highest BCUT2D eigenvalue weighted by atomic mass is 19.4. The second-order valence-electron chi connectivity index (χ2n) is 8.08. The quantitative estimate of drug-likeness (QED) is 0.629. The Morgan fingerprint density at radius 2 is 1.97 bits per heavy atom. The fourth-order valence-corrected chi connectivity index (χ4v) is 4.16. The Balaban J connectivity index is 1.82. The summed E-state index contributed by atoms with van der Waals surface area (Å²) in [6, 6.07) is 0.00691. The molecule has 2 fully saturated rings. The number of benzene rings is 1. The van der Waals surface area contributed by atoms with Crippen molar-refractivity contribution in [2.45, 2.75) is 44.4 Å². The van der Waals surface area contributed by atoms with E-state index in [2.05, 4.69) is 0 Å². The lowest BCUT2D eigenvalue weighted by molar-refractivity contribution is -0.174. The van der Waals surface area contributed by atoms with Crippen LogP contribution in [-0.4, -0.2) is 53.5 Å². The van der Waals surface area contributed by atoms with Gasteiger partial charge in [0.1, 0.15) is 11.3 Å². The maximum atomic E-state index is 15.3.